The molecule has 0 fully saturated rings. The first kappa shape index (κ1) is 10.9. The summed E-state index contributed by atoms with van der Waals surface area (Å²) in [4.78, 5) is 0. The van der Waals surface area contributed by atoms with Crippen molar-refractivity contribution in [3.8, 4) is 0 Å². The Balaban J connectivity index is 2.89. The van der Waals surface area contributed by atoms with Gasteiger partial charge in [-0.05, 0) is 19.9 Å². The van der Waals surface area contributed by atoms with E-state index in [1.54, 1.807) is 14.2 Å². The highest BCUT2D eigenvalue weighted by Crippen LogP contribution is 1.91. The van der Waals surface area contributed by atoms with Crippen LogP contribution in [0.2, 0.25) is 0 Å². The van der Waals surface area contributed by atoms with Crippen molar-refractivity contribution >= 4 is 0 Å². The van der Waals surface area contributed by atoms with Crippen molar-refractivity contribution in [2.45, 2.75) is 19.4 Å². The van der Waals surface area contributed by atoms with Crippen molar-refractivity contribution in [1.29, 1.82) is 0 Å². The monoisotopic (exact) mass is 161 g/mol. The summed E-state index contributed by atoms with van der Waals surface area (Å²) in [5.74, 6) is 0. The van der Waals surface area contributed by atoms with Crippen LogP contribution in [0.1, 0.15) is 13.3 Å². The summed E-state index contributed by atoms with van der Waals surface area (Å²) in [5.41, 5.74) is 0. The number of ether oxygens (including phenoxy) is 2. The second-order valence-corrected chi connectivity index (χ2v) is 2.58. The molecule has 3 nitrogen and oxygen atoms in total. The second-order valence-electron chi connectivity index (χ2n) is 2.58. The van der Waals surface area contributed by atoms with Gasteiger partial charge in [0.1, 0.15) is 0 Å². The average molecular weight is 161 g/mol. The van der Waals surface area contributed by atoms with E-state index >= 15 is 0 Å². The Kier molecular flexibility index (Phi) is 7.89. The third kappa shape index (κ3) is 7.78. The Labute approximate surface area is 69.1 Å². The summed E-state index contributed by atoms with van der Waals surface area (Å²) in [6, 6.07) is 0. The predicted octanol–water partition coefficient (Wildman–Crippen LogP) is 0.647. The lowest BCUT2D eigenvalue weighted by atomic mass is 10.3. The highest BCUT2D eigenvalue weighted by molar-refractivity contribution is 4.52. The van der Waals surface area contributed by atoms with Crippen LogP contribution in [-0.2, 0) is 9.47 Å². The molecule has 0 aromatic rings. The van der Waals surface area contributed by atoms with Gasteiger partial charge in [-0.25, -0.2) is 0 Å². The molecule has 0 heterocycles. The molecule has 1 N–H and O–H groups in total. The first-order valence-electron chi connectivity index (χ1n) is 4.03. The Bertz CT molecular complexity index is 78.5. The van der Waals surface area contributed by atoms with Crippen LogP contribution in [0, 0.1) is 0 Å². The van der Waals surface area contributed by atoms with E-state index in [0.717, 1.165) is 26.1 Å². The molecule has 0 aliphatic heterocycles. The fraction of sp³-hybridized carbons (Fsp3) is 1.00. The molecule has 11 heavy (non-hydrogen) atoms. The summed E-state index contributed by atoms with van der Waals surface area (Å²) in [5, 5.41) is 3.25. The molecule has 68 valence electrons. The first-order valence-corrected chi connectivity index (χ1v) is 4.03. The summed E-state index contributed by atoms with van der Waals surface area (Å²) >= 11 is 0. The molecule has 1 atom stereocenters. The predicted molar refractivity (Wildman–Crippen MR) is 45.8 cm³/mol. The standard InChI is InChI=1S/C8H19NO2/c1-8(11-3)4-5-9-6-7-10-2/h8-9H,4-7H2,1-3H3. The maximum Gasteiger partial charge on any atom is 0.0587 e. The quantitative estimate of drug-likeness (QED) is 0.556. The normalized spacial score (nSPS) is 13.4. The molecule has 0 aliphatic carbocycles. The number of methoxy groups -OCH3 is 2. The first-order chi connectivity index (χ1) is 5.31. The summed E-state index contributed by atoms with van der Waals surface area (Å²) in [6.45, 7) is 4.77. The minimum atomic E-state index is 0.352. The van der Waals surface area contributed by atoms with Gasteiger partial charge in [0.15, 0.2) is 0 Å². The minimum absolute atomic E-state index is 0.352. The van der Waals surface area contributed by atoms with Gasteiger partial charge >= 0.3 is 0 Å². The molecular formula is C8H19NO2. The maximum absolute atomic E-state index is 5.09. The molecule has 0 aromatic heterocycles. The van der Waals surface area contributed by atoms with Gasteiger partial charge in [0.25, 0.3) is 0 Å². The van der Waals surface area contributed by atoms with Crippen LogP contribution in [-0.4, -0.2) is 40.0 Å². The van der Waals surface area contributed by atoms with E-state index in [1.165, 1.54) is 0 Å². The molecule has 0 aliphatic rings. The van der Waals surface area contributed by atoms with Crippen LogP contribution in [0.4, 0.5) is 0 Å². The molecule has 0 rings (SSSR count). The second kappa shape index (κ2) is 7.98. The van der Waals surface area contributed by atoms with Crippen LogP contribution in [0.25, 0.3) is 0 Å². The van der Waals surface area contributed by atoms with Gasteiger partial charge in [0.05, 0.1) is 12.7 Å². The molecule has 1 unspecified atom stereocenters. The molecule has 0 spiro atoms. The number of rotatable bonds is 7. The van der Waals surface area contributed by atoms with Gasteiger partial charge in [-0.15, -0.1) is 0 Å². The van der Waals surface area contributed by atoms with Gasteiger partial charge in [-0.3, -0.25) is 0 Å². The van der Waals surface area contributed by atoms with E-state index in [9.17, 15) is 0 Å². The minimum Gasteiger partial charge on any atom is -0.383 e. The Morgan fingerprint density at radius 3 is 2.55 bits per heavy atom. The third-order valence-corrected chi connectivity index (χ3v) is 1.61. The zero-order valence-corrected chi connectivity index (χ0v) is 7.72. The van der Waals surface area contributed by atoms with Crippen molar-refractivity contribution in [1.82, 2.24) is 5.32 Å². The van der Waals surface area contributed by atoms with E-state index in [4.69, 9.17) is 9.47 Å². The topological polar surface area (TPSA) is 30.5 Å². The van der Waals surface area contributed by atoms with Gasteiger partial charge in [-0.1, -0.05) is 0 Å². The molecule has 3 heteroatoms. The molecule has 0 saturated carbocycles. The van der Waals surface area contributed by atoms with E-state index in [1.807, 2.05) is 0 Å². The number of hydrogen-bond donors (Lipinski definition) is 1. The van der Waals surface area contributed by atoms with Crippen molar-refractivity contribution in [2.24, 2.45) is 0 Å². The lowest BCUT2D eigenvalue weighted by Gasteiger charge is -2.09. The Morgan fingerprint density at radius 1 is 1.27 bits per heavy atom. The van der Waals surface area contributed by atoms with Gasteiger partial charge in [-0.2, -0.15) is 0 Å². The highest BCUT2D eigenvalue weighted by atomic mass is 16.5. The SMILES string of the molecule is COCCNCCC(C)OC. The zero-order valence-electron chi connectivity index (χ0n) is 7.72. The fourth-order valence-electron chi connectivity index (χ4n) is 0.722. The van der Waals surface area contributed by atoms with E-state index in [0.29, 0.717) is 6.10 Å². The summed E-state index contributed by atoms with van der Waals surface area (Å²) in [6.07, 6.45) is 1.41. The molecule has 0 bridgehead atoms. The van der Waals surface area contributed by atoms with E-state index in [2.05, 4.69) is 12.2 Å². The zero-order chi connectivity index (χ0) is 8.53. The third-order valence-electron chi connectivity index (χ3n) is 1.61. The molecule has 0 aromatic carbocycles. The van der Waals surface area contributed by atoms with Gasteiger partial charge < -0.3 is 14.8 Å². The Morgan fingerprint density at radius 2 is 2.00 bits per heavy atom. The molecule has 0 radical (unpaired) electrons. The average Bonchev–Trinajstić information content (AvgIpc) is 2.04. The van der Waals surface area contributed by atoms with Crippen LogP contribution in [0.3, 0.4) is 0 Å². The van der Waals surface area contributed by atoms with Crippen LogP contribution < -0.4 is 5.32 Å². The Hall–Kier alpha value is -0.120. The van der Waals surface area contributed by atoms with E-state index < -0.39 is 0 Å². The van der Waals surface area contributed by atoms with Gasteiger partial charge in [0, 0.05) is 20.8 Å². The molecule has 0 saturated heterocycles. The van der Waals surface area contributed by atoms with Crippen molar-refractivity contribution in [3.05, 3.63) is 0 Å². The van der Waals surface area contributed by atoms with E-state index in [-0.39, 0.29) is 0 Å². The fourth-order valence-corrected chi connectivity index (χ4v) is 0.722. The number of hydrogen-bond acceptors (Lipinski definition) is 3. The maximum atomic E-state index is 5.09. The summed E-state index contributed by atoms with van der Waals surface area (Å²) < 4.78 is 9.97. The van der Waals surface area contributed by atoms with Crippen molar-refractivity contribution < 1.29 is 9.47 Å². The van der Waals surface area contributed by atoms with Crippen molar-refractivity contribution in [3.63, 3.8) is 0 Å². The smallest absolute Gasteiger partial charge is 0.0587 e. The largest absolute Gasteiger partial charge is 0.383 e. The lowest BCUT2D eigenvalue weighted by Crippen LogP contribution is -2.23. The molecular weight excluding hydrogens is 142 g/mol. The van der Waals surface area contributed by atoms with Crippen LogP contribution >= 0.6 is 0 Å². The highest BCUT2D eigenvalue weighted by Gasteiger charge is 1.96. The summed E-state index contributed by atoms with van der Waals surface area (Å²) in [7, 11) is 3.44. The van der Waals surface area contributed by atoms with Crippen LogP contribution in [0.15, 0.2) is 0 Å². The number of nitrogens with one attached hydrogen (secondary N) is 1. The lowest BCUT2D eigenvalue weighted by molar-refractivity contribution is 0.110. The van der Waals surface area contributed by atoms with Crippen LogP contribution in [0.5, 0.6) is 0 Å². The van der Waals surface area contributed by atoms with Crippen molar-refractivity contribution in [2.75, 3.05) is 33.9 Å². The molecule has 0 amide bonds. The van der Waals surface area contributed by atoms with Gasteiger partial charge in [0.2, 0.25) is 0 Å².